The number of imide groups is 2. The molecule has 16 nitrogen and oxygen atoms in total. The minimum absolute atomic E-state index is 0.00108. The van der Waals surface area contributed by atoms with Crippen LogP contribution in [0.5, 0.6) is 0 Å². The van der Waals surface area contributed by atoms with Crippen LogP contribution in [0, 0.1) is 33.5 Å². The van der Waals surface area contributed by atoms with Gasteiger partial charge in [0.15, 0.2) is 0 Å². The van der Waals surface area contributed by atoms with Crippen molar-refractivity contribution in [2.75, 3.05) is 52.8 Å². The summed E-state index contributed by atoms with van der Waals surface area (Å²) in [5.41, 5.74) is -12.1. The zero-order valence-corrected chi connectivity index (χ0v) is 45.7. The zero-order valence-electron chi connectivity index (χ0n) is 45.7. The van der Waals surface area contributed by atoms with E-state index in [0.717, 1.165) is 4.90 Å². The maximum absolute atomic E-state index is 15.4. The predicted molar refractivity (Wildman–Crippen MR) is 270 cm³/mol. The van der Waals surface area contributed by atoms with E-state index in [1.165, 1.54) is 24.3 Å². The normalized spacial score (nSPS) is 28.0. The molecule has 2 fully saturated rings. The van der Waals surface area contributed by atoms with Gasteiger partial charge in [-0.05, 0) is 126 Å². The third-order valence-electron chi connectivity index (χ3n) is 17.6. The number of ether oxygens (including phenoxy) is 5. The molecule has 3 atom stereocenters. The number of aliphatic hydroxyl groups is 3. The third-order valence-corrected chi connectivity index (χ3v) is 17.6. The Morgan fingerprint density at radius 3 is 1.46 bits per heavy atom. The fourth-order valence-electron chi connectivity index (χ4n) is 11.3. The summed E-state index contributed by atoms with van der Waals surface area (Å²) in [5.74, 6) is -3.11. The molecule has 1 saturated carbocycles. The Balaban J connectivity index is 1.30. The molecule has 72 heavy (non-hydrogen) atoms. The summed E-state index contributed by atoms with van der Waals surface area (Å²) < 4.78 is 34.5. The second kappa shape index (κ2) is 19.3. The number of carbonyl (C=O) groups is 6. The molecule has 0 bridgehead atoms. The molecule has 400 valence electrons. The molecule has 0 radical (unpaired) electrons. The van der Waals surface area contributed by atoms with E-state index in [2.05, 4.69) is 5.32 Å². The fraction of sp³-hybridized carbons (Fsp3) is 0.714. The summed E-state index contributed by atoms with van der Waals surface area (Å²) in [7, 11) is 0. The Bertz CT molecular complexity index is 2410. The first kappa shape index (κ1) is 57.3. The maximum atomic E-state index is 15.4. The Labute approximate surface area is 425 Å². The SMILES string of the molecule is CC1(C)COC(C)(C(C)(C)OCCN2C(=O)c3ccc4c5c(ccc(c35)C2=O)C(=O)NC4=O)C(C)(C)OCC(CO)(CO)COC(C)(C)C(C)(C(C)(C(=O)C2CCC(C(=O)C(C)(C)C)CC2)C(C)(C)O)OC1. The van der Waals surface area contributed by atoms with E-state index in [0.29, 0.717) is 25.7 Å². The van der Waals surface area contributed by atoms with Crippen LogP contribution in [0.15, 0.2) is 24.3 Å². The van der Waals surface area contributed by atoms with Crippen molar-refractivity contribution in [1.82, 2.24) is 10.2 Å². The number of hydrogen-bond acceptors (Lipinski definition) is 14. The first-order valence-corrected chi connectivity index (χ1v) is 25.5. The number of nitrogens with zero attached hydrogens (tertiary/aromatic N) is 1. The van der Waals surface area contributed by atoms with Gasteiger partial charge in [0, 0.05) is 55.7 Å². The number of amides is 4. The van der Waals surface area contributed by atoms with Crippen molar-refractivity contribution >= 4 is 46.0 Å². The molecular formula is C56H82N2O14. The van der Waals surface area contributed by atoms with Crippen molar-refractivity contribution in [3.8, 4) is 0 Å². The van der Waals surface area contributed by atoms with Gasteiger partial charge in [-0.2, -0.15) is 0 Å². The minimum Gasteiger partial charge on any atom is -0.396 e. The molecule has 1 saturated heterocycles. The fourth-order valence-corrected chi connectivity index (χ4v) is 11.3. The van der Waals surface area contributed by atoms with Gasteiger partial charge in [0.25, 0.3) is 23.6 Å². The smallest absolute Gasteiger partial charge is 0.261 e. The van der Waals surface area contributed by atoms with Crippen LogP contribution in [-0.4, -0.2) is 142 Å². The predicted octanol–water partition coefficient (Wildman–Crippen LogP) is 7.03. The maximum Gasteiger partial charge on any atom is 0.261 e. The number of aliphatic hydroxyl groups excluding tert-OH is 2. The van der Waals surface area contributed by atoms with Crippen LogP contribution in [0.1, 0.15) is 178 Å². The number of benzene rings is 2. The second-order valence-corrected chi connectivity index (χ2v) is 25.4. The van der Waals surface area contributed by atoms with Crippen molar-refractivity contribution < 1.29 is 67.8 Å². The van der Waals surface area contributed by atoms with E-state index in [-0.39, 0.29) is 90.1 Å². The van der Waals surface area contributed by atoms with Gasteiger partial charge in [0.05, 0.1) is 86.0 Å². The standard InChI is InChI=1S/C56H82N2O14/c1-47(2,3)41(61)33-17-19-34(20-18-33)42(62)53(14,49(6,7)67)55(16)52(12,13)70-32-56(27-59,28-60)31-69-51(10,11)54(15,71-29-48(4,5)30-72-55)50(8,9)68-26-25-58-45(65)37-23-21-35-39-36(44(64)57-43(35)63)22-24-38(40(37)39)46(58)66/h21-24,33-34,59-60,67H,17-20,25-32H2,1-16H3,(H,57,63,64). The third kappa shape index (κ3) is 9.65. The summed E-state index contributed by atoms with van der Waals surface area (Å²) in [5, 5.41) is 37.3. The summed E-state index contributed by atoms with van der Waals surface area (Å²) in [6, 6.07) is 5.93. The molecule has 4 N–H and O–H groups in total. The molecule has 2 aromatic rings. The minimum atomic E-state index is -1.68. The van der Waals surface area contributed by atoms with E-state index in [1.807, 2.05) is 69.2 Å². The molecule has 16 heteroatoms. The molecule has 1 aliphatic carbocycles. The molecule has 3 heterocycles. The number of ketones is 2. The van der Waals surface area contributed by atoms with E-state index in [1.54, 1.807) is 41.5 Å². The lowest BCUT2D eigenvalue weighted by atomic mass is 9.54. The molecule has 6 rings (SSSR count). The summed E-state index contributed by atoms with van der Waals surface area (Å²) >= 11 is 0. The molecule has 3 unspecified atom stereocenters. The van der Waals surface area contributed by atoms with Crippen LogP contribution in [-0.2, 0) is 33.3 Å². The lowest BCUT2D eigenvalue weighted by molar-refractivity contribution is -0.305. The summed E-state index contributed by atoms with van der Waals surface area (Å²) in [6.45, 7) is 27.2. The van der Waals surface area contributed by atoms with Gasteiger partial charge in [-0.1, -0.05) is 34.6 Å². The summed E-state index contributed by atoms with van der Waals surface area (Å²) in [6.07, 6.45) is 2.04. The molecule has 3 aliphatic heterocycles. The van der Waals surface area contributed by atoms with Crippen molar-refractivity contribution in [2.45, 2.75) is 170 Å². The Hall–Kier alpha value is -4.00. The van der Waals surface area contributed by atoms with Crippen LogP contribution in [0.2, 0.25) is 0 Å². The van der Waals surface area contributed by atoms with E-state index < -0.39 is 98.0 Å². The number of Topliss-reactive ketones (excluding diaryl/α,β-unsaturated/α-hetero) is 2. The molecule has 4 amide bonds. The molecule has 2 aromatic carbocycles. The van der Waals surface area contributed by atoms with Crippen molar-refractivity contribution in [1.29, 1.82) is 0 Å². The van der Waals surface area contributed by atoms with Crippen LogP contribution in [0.3, 0.4) is 0 Å². The molecule has 4 aliphatic rings. The zero-order chi connectivity index (χ0) is 54.2. The lowest BCUT2D eigenvalue weighted by Gasteiger charge is -2.59. The number of rotatable bonds is 12. The highest BCUT2D eigenvalue weighted by Gasteiger charge is 2.67. The number of hydrogen-bond donors (Lipinski definition) is 4. The van der Waals surface area contributed by atoms with Crippen LogP contribution in [0.4, 0.5) is 0 Å². The highest BCUT2D eigenvalue weighted by Crippen LogP contribution is 2.55. The van der Waals surface area contributed by atoms with Gasteiger partial charge in [-0.15, -0.1) is 0 Å². The first-order chi connectivity index (χ1) is 32.9. The van der Waals surface area contributed by atoms with Gasteiger partial charge in [0.2, 0.25) is 0 Å². The van der Waals surface area contributed by atoms with Crippen molar-refractivity contribution in [2.24, 2.45) is 33.5 Å². The monoisotopic (exact) mass is 1010 g/mol. The van der Waals surface area contributed by atoms with E-state index >= 15 is 4.79 Å². The van der Waals surface area contributed by atoms with Crippen LogP contribution in [0.25, 0.3) is 10.8 Å². The Kier molecular flexibility index (Phi) is 15.3. The second-order valence-electron chi connectivity index (χ2n) is 25.4. The van der Waals surface area contributed by atoms with Crippen molar-refractivity contribution in [3.63, 3.8) is 0 Å². The average Bonchev–Trinajstić information content (AvgIpc) is 3.30. The van der Waals surface area contributed by atoms with Crippen LogP contribution >= 0.6 is 0 Å². The Morgan fingerprint density at radius 1 is 0.625 bits per heavy atom. The van der Waals surface area contributed by atoms with Gasteiger partial charge in [-0.3, -0.25) is 39.0 Å². The van der Waals surface area contributed by atoms with Gasteiger partial charge in [-0.25, -0.2) is 0 Å². The largest absolute Gasteiger partial charge is 0.396 e. The van der Waals surface area contributed by atoms with Gasteiger partial charge >= 0.3 is 0 Å². The topological polar surface area (TPSA) is 225 Å². The summed E-state index contributed by atoms with van der Waals surface area (Å²) in [4.78, 5) is 83.4. The lowest BCUT2D eigenvalue weighted by Crippen LogP contribution is -2.72. The molecule has 0 aromatic heterocycles. The van der Waals surface area contributed by atoms with Crippen molar-refractivity contribution in [3.05, 3.63) is 46.5 Å². The van der Waals surface area contributed by atoms with Gasteiger partial charge < -0.3 is 39.0 Å². The average molecular weight is 1010 g/mol. The highest BCUT2D eigenvalue weighted by molar-refractivity contribution is 6.33. The molecular weight excluding hydrogens is 925 g/mol. The molecule has 0 spiro atoms. The highest BCUT2D eigenvalue weighted by atomic mass is 16.6. The van der Waals surface area contributed by atoms with E-state index in [9.17, 15) is 39.3 Å². The number of carbonyl (C=O) groups excluding carboxylic acids is 6. The van der Waals surface area contributed by atoms with Gasteiger partial charge in [0.1, 0.15) is 22.8 Å². The van der Waals surface area contributed by atoms with Crippen LogP contribution < -0.4 is 5.32 Å². The quantitative estimate of drug-likeness (QED) is 0.157. The first-order valence-electron chi connectivity index (χ1n) is 25.5. The number of nitrogens with one attached hydrogen (secondary N) is 1. The Morgan fingerprint density at radius 2 is 1.03 bits per heavy atom. The van der Waals surface area contributed by atoms with E-state index in [4.69, 9.17) is 23.7 Å².